The van der Waals surface area contributed by atoms with Crippen LogP contribution in [-0.4, -0.2) is 24.2 Å². The number of hydrogen-bond acceptors (Lipinski definition) is 3. The van der Waals surface area contributed by atoms with Gasteiger partial charge in [0, 0.05) is 12.3 Å². The Labute approximate surface area is 158 Å². The van der Waals surface area contributed by atoms with E-state index in [4.69, 9.17) is 9.47 Å². The van der Waals surface area contributed by atoms with Gasteiger partial charge in [-0.25, -0.2) is 0 Å². The molecule has 1 atom stereocenters. The van der Waals surface area contributed by atoms with Crippen molar-refractivity contribution in [3.8, 4) is 5.75 Å². The number of nitrogens with one attached hydrogen (secondary N) is 1. The molecule has 1 N–H and O–H groups in total. The first-order valence-electron chi connectivity index (χ1n) is 10.1. The maximum absolute atomic E-state index is 12.9. The average molecular weight is 362 g/mol. The summed E-state index contributed by atoms with van der Waals surface area (Å²) in [6, 6.07) is 5.87. The Hall–Kier alpha value is -1.55. The average Bonchev–Trinajstić information content (AvgIpc) is 3.08. The smallest absolute Gasteiger partial charge is 0.256 e. The highest BCUT2D eigenvalue weighted by Gasteiger charge is 2.35. The molecule has 1 aromatic carbocycles. The SMILES string of the molecule is CCCO[C@](C)(CC(C)C)C(=O)Nc1ccc(OC2CCCC2)c(C)c1. The predicted molar refractivity (Wildman–Crippen MR) is 107 cm³/mol. The van der Waals surface area contributed by atoms with Gasteiger partial charge in [-0.2, -0.15) is 0 Å². The lowest BCUT2D eigenvalue weighted by atomic mass is 9.93. The largest absolute Gasteiger partial charge is 0.490 e. The van der Waals surface area contributed by atoms with E-state index in [-0.39, 0.29) is 5.91 Å². The normalized spacial score (nSPS) is 17.3. The first-order chi connectivity index (χ1) is 12.3. The Morgan fingerprint density at radius 1 is 1.31 bits per heavy atom. The standard InChI is InChI=1S/C22H35NO3/c1-6-13-25-22(5,15-16(2)3)21(24)23-18-11-12-20(17(4)14-18)26-19-9-7-8-10-19/h11-12,14,16,19H,6-10,13,15H2,1-5H3,(H,23,24)/t22-/m1/s1. The van der Waals surface area contributed by atoms with E-state index >= 15 is 0 Å². The van der Waals surface area contributed by atoms with Gasteiger partial charge in [-0.3, -0.25) is 4.79 Å². The zero-order valence-corrected chi connectivity index (χ0v) is 17.1. The fourth-order valence-electron chi connectivity index (χ4n) is 3.63. The monoisotopic (exact) mass is 361 g/mol. The summed E-state index contributed by atoms with van der Waals surface area (Å²) in [6.07, 6.45) is 6.72. The van der Waals surface area contributed by atoms with Crippen LogP contribution in [0.3, 0.4) is 0 Å². The molecule has 1 amide bonds. The number of carbonyl (C=O) groups is 1. The molecule has 0 saturated heterocycles. The van der Waals surface area contributed by atoms with E-state index in [1.165, 1.54) is 12.8 Å². The number of amides is 1. The van der Waals surface area contributed by atoms with Crippen LogP contribution < -0.4 is 10.1 Å². The van der Waals surface area contributed by atoms with Crippen LogP contribution in [0.25, 0.3) is 0 Å². The molecule has 1 aromatic rings. The maximum Gasteiger partial charge on any atom is 0.256 e. The number of benzene rings is 1. The maximum atomic E-state index is 12.9. The van der Waals surface area contributed by atoms with Crippen molar-refractivity contribution in [2.75, 3.05) is 11.9 Å². The molecular weight excluding hydrogens is 326 g/mol. The van der Waals surface area contributed by atoms with E-state index in [9.17, 15) is 4.79 Å². The van der Waals surface area contributed by atoms with Crippen molar-refractivity contribution < 1.29 is 14.3 Å². The summed E-state index contributed by atoms with van der Waals surface area (Å²) >= 11 is 0. The second-order valence-electron chi connectivity index (χ2n) is 8.14. The minimum atomic E-state index is -0.808. The van der Waals surface area contributed by atoms with Gasteiger partial charge in [0.25, 0.3) is 5.91 Å². The van der Waals surface area contributed by atoms with Crippen LogP contribution in [0, 0.1) is 12.8 Å². The van der Waals surface area contributed by atoms with Gasteiger partial charge in [0.1, 0.15) is 11.4 Å². The van der Waals surface area contributed by atoms with E-state index in [0.29, 0.717) is 25.0 Å². The summed E-state index contributed by atoms with van der Waals surface area (Å²) in [5, 5.41) is 3.04. The van der Waals surface area contributed by atoms with Gasteiger partial charge in [-0.1, -0.05) is 20.8 Å². The van der Waals surface area contributed by atoms with Crippen molar-refractivity contribution in [2.24, 2.45) is 5.92 Å². The lowest BCUT2D eigenvalue weighted by Crippen LogP contribution is -2.44. The first kappa shape index (κ1) is 20.8. The Balaban J connectivity index is 2.05. The molecule has 146 valence electrons. The molecule has 0 heterocycles. The molecule has 0 aliphatic heterocycles. The van der Waals surface area contributed by atoms with Gasteiger partial charge >= 0.3 is 0 Å². The lowest BCUT2D eigenvalue weighted by Gasteiger charge is -2.30. The molecular formula is C22H35NO3. The van der Waals surface area contributed by atoms with Crippen LogP contribution in [0.15, 0.2) is 18.2 Å². The van der Waals surface area contributed by atoms with Gasteiger partial charge in [0.2, 0.25) is 0 Å². The number of rotatable bonds is 9. The van der Waals surface area contributed by atoms with Crippen LogP contribution in [0.1, 0.15) is 71.8 Å². The van der Waals surface area contributed by atoms with Gasteiger partial charge in [-0.15, -0.1) is 0 Å². The summed E-state index contributed by atoms with van der Waals surface area (Å²) in [5.74, 6) is 1.22. The third-order valence-corrected chi connectivity index (χ3v) is 4.93. The van der Waals surface area contributed by atoms with Crippen LogP contribution in [0.5, 0.6) is 5.75 Å². The van der Waals surface area contributed by atoms with E-state index in [1.54, 1.807) is 0 Å². The van der Waals surface area contributed by atoms with Gasteiger partial charge in [0.05, 0.1) is 6.10 Å². The summed E-state index contributed by atoms with van der Waals surface area (Å²) in [4.78, 5) is 12.9. The third-order valence-electron chi connectivity index (χ3n) is 4.93. The van der Waals surface area contributed by atoms with E-state index < -0.39 is 5.60 Å². The quantitative estimate of drug-likeness (QED) is 0.633. The van der Waals surface area contributed by atoms with Crippen LogP contribution in [0.4, 0.5) is 5.69 Å². The molecule has 4 nitrogen and oxygen atoms in total. The molecule has 1 aliphatic rings. The zero-order chi connectivity index (χ0) is 19.2. The number of carbonyl (C=O) groups excluding carboxylic acids is 1. The van der Waals surface area contributed by atoms with Gasteiger partial charge in [-0.05, 0) is 82.1 Å². The highest BCUT2D eigenvalue weighted by molar-refractivity contribution is 5.97. The molecule has 4 heteroatoms. The second-order valence-corrected chi connectivity index (χ2v) is 8.14. The van der Waals surface area contributed by atoms with Crippen LogP contribution in [-0.2, 0) is 9.53 Å². The van der Waals surface area contributed by atoms with E-state index in [2.05, 4.69) is 26.1 Å². The fraction of sp³-hybridized carbons (Fsp3) is 0.682. The summed E-state index contributed by atoms with van der Waals surface area (Å²) < 4.78 is 12.0. The highest BCUT2D eigenvalue weighted by Crippen LogP contribution is 2.29. The molecule has 0 bridgehead atoms. The molecule has 26 heavy (non-hydrogen) atoms. The second kappa shape index (κ2) is 9.40. The van der Waals surface area contributed by atoms with Crippen molar-refractivity contribution in [3.63, 3.8) is 0 Å². The molecule has 2 rings (SSSR count). The molecule has 0 spiro atoms. The summed E-state index contributed by atoms with van der Waals surface area (Å²) in [5.41, 5.74) is 1.04. The van der Waals surface area contributed by atoms with Crippen LogP contribution >= 0.6 is 0 Å². The molecule has 1 aliphatic carbocycles. The number of hydrogen-bond donors (Lipinski definition) is 1. The molecule has 1 fully saturated rings. The van der Waals surface area contributed by atoms with Gasteiger partial charge in [0.15, 0.2) is 0 Å². The topological polar surface area (TPSA) is 47.6 Å². The Bertz CT molecular complexity index is 593. The van der Waals surface area contributed by atoms with Crippen molar-refractivity contribution >= 4 is 11.6 Å². The van der Waals surface area contributed by atoms with Crippen molar-refractivity contribution in [1.82, 2.24) is 0 Å². The zero-order valence-electron chi connectivity index (χ0n) is 17.1. The van der Waals surface area contributed by atoms with E-state index in [1.807, 2.05) is 32.0 Å². The Kier molecular flexibility index (Phi) is 7.51. The molecule has 0 unspecified atom stereocenters. The molecule has 1 saturated carbocycles. The van der Waals surface area contributed by atoms with Crippen LogP contribution in [0.2, 0.25) is 0 Å². The predicted octanol–water partition coefficient (Wildman–Crippen LogP) is 5.49. The lowest BCUT2D eigenvalue weighted by molar-refractivity contribution is -0.141. The minimum absolute atomic E-state index is 0.0801. The number of anilines is 1. The number of ether oxygens (including phenoxy) is 2. The van der Waals surface area contributed by atoms with Gasteiger partial charge < -0.3 is 14.8 Å². The first-order valence-corrected chi connectivity index (χ1v) is 10.1. The van der Waals surface area contributed by atoms with E-state index in [0.717, 1.165) is 36.3 Å². The molecule has 0 aromatic heterocycles. The highest BCUT2D eigenvalue weighted by atomic mass is 16.5. The van der Waals surface area contributed by atoms with Crippen molar-refractivity contribution in [2.45, 2.75) is 84.8 Å². The van der Waals surface area contributed by atoms with Crippen molar-refractivity contribution in [1.29, 1.82) is 0 Å². The number of aryl methyl sites for hydroxylation is 1. The third kappa shape index (κ3) is 5.73. The van der Waals surface area contributed by atoms with Crippen molar-refractivity contribution in [3.05, 3.63) is 23.8 Å². The fourth-order valence-corrected chi connectivity index (χ4v) is 3.63. The summed E-state index contributed by atoms with van der Waals surface area (Å²) in [6.45, 7) is 10.8. The minimum Gasteiger partial charge on any atom is -0.490 e. The Morgan fingerprint density at radius 2 is 2.00 bits per heavy atom. The Morgan fingerprint density at radius 3 is 2.58 bits per heavy atom. The summed E-state index contributed by atoms with van der Waals surface area (Å²) in [7, 11) is 0. The molecule has 0 radical (unpaired) electrons.